The summed E-state index contributed by atoms with van der Waals surface area (Å²) in [4.78, 5) is 22.4. The van der Waals surface area contributed by atoms with Crippen LogP contribution in [-0.4, -0.2) is 76.3 Å². The van der Waals surface area contributed by atoms with E-state index in [9.17, 15) is 24.9 Å². The van der Waals surface area contributed by atoms with E-state index in [1.165, 1.54) is 0 Å². The van der Waals surface area contributed by atoms with Crippen molar-refractivity contribution in [2.45, 2.75) is 43.3 Å². The summed E-state index contributed by atoms with van der Waals surface area (Å²) in [5.74, 6) is -0.868. The standard InChI is InChI=1S/C11H19NO7/c13-4-7(15)9(17)10(8(16)5-14)19-11(18)6-2-1-3-12-6/h5-10,12-13,15-17H,1-4H2/t6-,7+,8-,9+,10+/m0/s1/i/hD. The van der Waals surface area contributed by atoms with Crippen molar-refractivity contribution < 1.29 is 36.2 Å². The van der Waals surface area contributed by atoms with Gasteiger partial charge < -0.3 is 35.3 Å². The summed E-state index contributed by atoms with van der Waals surface area (Å²) in [7, 11) is 0. The van der Waals surface area contributed by atoms with Crippen molar-refractivity contribution in [3.05, 3.63) is 0 Å². The molecule has 0 aromatic rings. The third kappa shape index (κ3) is 4.22. The molecule has 0 aromatic carbocycles. The number of carbonyl (C=O) groups excluding carboxylic acids is 2. The average molecular weight is 278 g/mol. The number of aliphatic hydroxyl groups excluding tert-OH is 4. The first-order valence-corrected chi connectivity index (χ1v) is 5.98. The van der Waals surface area contributed by atoms with Crippen molar-refractivity contribution >= 4 is 12.3 Å². The fourth-order valence-corrected chi connectivity index (χ4v) is 1.77. The van der Waals surface area contributed by atoms with Crippen LogP contribution in [0.15, 0.2) is 0 Å². The Balaban J connectivity index is 2.74. The van der Waals surface area contributed by atoms with Gasteiger partial charge in [-0.15, -0.1) is 0 Å². The van der Waals surface area contributed by atoms with Crippen LogP contribution < -0.4 is 5.31 Å². The maximum Gasteiger partial charge on any atom is 0.323 e. The fraction of sp³-hybridized carbons (Fsp3) is 0.818. The molecule has 8 nitrogen and oxygen atoms in total. The van der Waals surface area contributed by atoms with E-state index in [4.69, 9.17) is 11.3 Å². The number of rotatable bonds is 7. The van der Waals surface area contributed by atoms with Crippen LogP contribution in [0.2, 0.25) is 1.41 Å². The molecule has 0 radical (unpaired) electrons. The molecule has 0 amide bonds. The molecule has 5 atom stereocenters. The minimum absolute atomic E-state index is 0.0539. The highest BCUT2D eigenvalue weighted by molar-refractivity contribution is 5.76. The fourth-order valence-electron chi connectivity index (χ4n) is 1.77. The van der Waals surface area contributed by atoms with Crippen molar-refractivity contribution in [1.29, 1.82) is 0 Å². The Morgan fingerprint density at radius 2 is 2.21 bits per heavy atom. The van der Waals surface area contributed by atoms with Crippen molar-refractivity contribution in [1.82, 2.24) is 5.31 Å². The molecular formula is C11H19NO7. The molecule has 1 saturated heterocycles. The SMILES string of the molecule is [2H]N1CCC[C@H]1C(=O)O[C@@H]([C@H](O)[C@H](O)CO)[C@@H](O)C=O. The third-order valence-corrected chi connectivity index (χ3v) is 2.90. The molecule has 0 saturated carbocycles. The molecule has 1 aliphatic heterocycles. The van der Waals surface area contributed by atoms with Gasteiger partial charge in [-0.1, -0.05) is 0 Å². The normalized spacial score (nSPS) is 27.2. The number of hydrogen-bond acceptors (Lipinski definition) is 8. The van der Waals surface area contributed by atoms with E-state index in [0.29, 0.717) is 19.4 Å². The predicted octanol–water partition coefficient (Wildman–Crippen LogP) is -3.08. The van der Waals surface area contributed by atoms with Crippen LogP contribution >= 0.6 is 0 Å². The van der Waals surface area contributed by atoms with Crippen molar-refractivity contribution in [3.8, 4) is 0 Å². The highest BCUT2D eigenvalue weighted by Gasteiger charge is 2.37. The summed E-state index contributed by atoms with van der Waals surface area (Å²) >= 11 is 0. The molecule has 0 aliphatic carbocycles. The highest BCUT2D eigenvalue weighted by atomic mass is 16.6. The van der Waals surface area contributed by atoms with E-state index in [2.05, 4.69) is 0 Å². The second kappa shape index (κ2) is 7.51. The van der Waals surface area contributed by atoms with E-state index in [1.807, 2.05) is 0 Å². The molecule has 0 spiro atoms. The Morgan fingerprint density at radius 3 is 2.68 bits per heavy atom. The zero-order chi connectivity index (χ0) is 15.3. The van der Waals surface area contributed by atoms with Crippen LogP contribution in [0.25, 0.3) is 0 Å². The van der Waals surface area contributed by atoms with Gasteiger partial charge in [0.1, 0.15) is 25.8 Å². The topological polar surface area (TPSA) is 136 Å². The Labute approximate surface area is 111 Å². The van der Waals surface area contributed by atoms with E-state index < -0.39 is 43.0 Å². The van der Waals surface area contributed by atoms with Gasteiger partial charge in [0.05, 0.1) is 6.61 Å². The quantitative estimate of drug-likeness (QED) is 0.244. The molecule has 0 unspecified atom stereocenters. The monoisotopic (exact) mass is 278 g/mol. The molecular weight excluding hydrogens is 258 g/mol. The molecule has 110 valence electrons. The number of nitrogens with one attached hydrogen (secondary N) is 1. The maximum atomic E-state index is 11.8. The van der Waals surface area contributed by atoms with Gasteiger partial charge in [-0.05, 0) is 19.4 Å². The predicted molar refractivity (Wildman–Crippen MR) is 62.1 cm³/mol. The van der Waals surface area contributed by atoms with Gasteiger partial charge in [0.25, 0.3) is 0 Å². The lowest BCUT2D eigenvalue weighted by Gasteiger charge is -2.28. The summed E-state index contributed by atoms with van der Waals surface area (Å²) in [6.07, 6.45) is -5.94. The van der Waals surface area contributed by atoms with Gasteiger partial charge in [0, 0.05) is 0 Å². The molecule has 1 aliphatic rings. The maximum absolute atomic E-state index is 11.8. The number of hydrogen-bond donors (Lipinski definition) is 5. The smallest absolute Gasteiger partial charge is 0.323 e. The summed E-state index contributed by atoms with van der Waals surface area (Å²) < 4.78 is 12.3. The number of aldehydes is 1. The van der Waals surface area contributed by atoms with E-state index in [0.717, 1.165) is 5.31 Å². The van der Waals surface area contributed by atoms with Gasteiger partial charge in [-0.25, -0.2) is 0 Å². The van der Waals surface area contributed by atoms with Gasteiger partial charge in [0.2, 0.25) is 0 Å². The van der Waals surface area contributed by atoms with Crippen LogP contribution in [-0.2, 0) is 14.3 Å². The number of carbonyl (C=O) groups is 2. The molecule has 1 heterocycles. The van der Waals surface area contributed by atoms with Crippen LogP contribution in [0.3, 0.4) is 0 Å². The third-order valence-electron chi connectivity index (χ3n) is 2.90. The van der Waals surface area contributed by atoms with Gasteiger partial charge in [-0.3, -0.25) is 4.79 Å². The zero-order valence-electron chi connectivity index (χ0n) is 11.3. The minimum atomic E-state index is -1.84. The molecule has 5 N–H and O–H groups in total. The lowest BCUT2D eigenvalue weighted by Crippen LogP contribution is -2.50. The number of aliphatic hydroxyl groups is 4. The minimum Gasteiger partial charge on any atom is -0.455 e. The molecule has 8 heteroatoms. The van der Waals surface area contributed by atoms with Gasteiger partial charge >= 0.3 is 5.97 Å². The Hall–Kier alpha value is -1.06. The molecule has 19 heavy (non-hydrogen) atoms. The molecule has 0 aromatic heterocycles. The Bertz CT molecular complexity index is 343. The first kappa shape index (κ1) is 14.4. The second-order valence-electron chi connectivity index (χ2n) is 4.33. The lowest BCUT2D eigenvalue weighted by molar-refractivity contribution is -0.175. The van der Waals surface area contributed by atoms with Gasteiger partial charge in [0.15, 0.2) is 12.4 Å². The largest absolute Gasteiger partial charge is 0.455 e. The van der Waals surface area contributed by atoms with Crippen molar-refractivity contribution in [2.75, 3.05) is 13.2 Å². The number of esters is 1. The highest BCUT2D eigenvalue weighted by Crippen LogP contribution is 2.13. The van der Waals surface area contributed by atoms with Crippen LogP contribution in [0.4, 0.5) is 0 Å². The average Bonchev–Trinajstić information content (AvgIpc) is 2.88. The van der Waals surface area contributed by atoms with E-state index >= 15 is 0 Å². The van der Waals surface area contributed by atoms with Gasteiger partial charge in [-0.2, -0.15) is 0 Å². The first-order valence-electron chi connectivity index (χ1n) is 6.43. The van der Waals surface area contributed by atoms with Crippen LogP contribution in [0.1, 0.15) is 12.8 Å². The summed E-state index contributed by atoms with van der Waals surface area (Å²) in [5, 5.41) is 38.2. The number of ether oxygens (including phenoxy) is 1. The van der Waals surface area contributed by atoms with Crippen LogP contribution in [0.5, 0.6) is 0 Å². The summed E-state index contributed by atoms with van der Waals surface area (Å²) in [6, 6.07) is -0.838. The second-order valence-corrected chi connectivity index (χ2v) is 4.33. The van der Waals surface area contributed by atoms with Crippen molar-refractivity contribution in [3.63, 3.8) is 0 Å². The zero-order valence-corrected chi connectivity index (χ0v) is 10.3. The summed E-state index contributed by atoms with van der Waals surface area (Å²) in [5.41, 5.74) is 0. The molecule has 1 fully saturated rings. The molecule has 1 rings (SSSR count). The first-order chi connectivity index (χ1) is 9.42. The lowest BCUT2D eigenvalue weighted by atomic mass is 10.0. The Morgan fingerprint density at radius 1 is 1.53 bits per heavy atom. The van der Waals surface area contributed by atoms with E-state index in [1.54, 1.807) is 0 Å². The Kier molecular flexibility index (Phi) is 5.67. The van der Waals surface area contributed by atoms with E-state index in [-0.39, 0.29) is 6.29 Å². The van der Waals surface area contributed by atoms with Crippen molar-refractivity contribution in [2.24, 2.45) is 0 Å². The molecule has 0 bridgehead atoms. The summed E-state index contributed by atoms with van der Waals surface area (Å²) in [6.45, 7) is -0.433. The van der Waals surface area contributed by atoms with Crippen LogP contribution in [0, 0.1) is 0 Å².